The average Bonchev–Trinajstić information content (AvgIpc) is 3.14. The van der Waals surface area contributed by atoms with Gasteiger partial charge >= 0.3 is 5.97 Å². The molecule has 4 rings (SSSR count). The maximum Gasteiger partial charge on any atom is 0.337 e. The molecule has 1 unspecified atom stereocenters. The Labute approximate surface area is 163 Å². The van der Waals surface area contributed by atoms with E-state index in [0.717, 1.165) is 6.42 Å². The summed E-state index contributed by atoms with van der Waals surface area (Å²) in [6.45, 7) is 1.61. The van der Waals surface area contributed by atoms with Gasteiger partial charge < -0.3 is 14.5 Å². The SMILES string of the molecule is COC(=O)c1cccc(N2CC(C(=O)N3CCc4ccccc4C3)CC2=O)c1. The third kappa shape index (κ3) is 3.38. The molecule has 28 heavy (non-hydrogen) atoms. The molecule has 1 fully saturated rings. The van der Waals surface area contributed by atoms with Crippen molar-refractivity contribution in [3.8, 4) is 0 Å². The van der Waals surface area contributed by atoms with E-state index < -0.39 is 5.97 Å². The zero-order valence-corrected chi connectivity index (χ0v) is 15.8. The van der Waals surface area contributed by atoms with E-state index >= 15 is 0 Å². The molecule has 6 nitrogen and oxygen atoms in total. The van der Waals surface area contributed by atoms with E-state index in [0.29, 0.717) is 30.9 Å². The van der Waals surface area contributed by atoms with Crippen LogP contribution in [0.1, 0.15) is 27.9 Å². The highest BCUT2D eigenvalue weighted by atomic mass is 16.5. The standard InChI is InChI=1S/C22H22N2O4/c1-28-22(27)16-7-4-8-19(11-16)24-14-18(12-20(24)25)21(26)23-10-9-15-5-2-3-6-17(15)13-23/h2-8,11,18H,9-10,12-14H2,1H3. The van der Waals surface area contributed by atoms with Crippen LogP contribution in [0.4, 0.5) is 5.69 Å². The predicted molar refractivity (Wildman–Crippen MR) is 104 cm³/mol. The molecule has 0 radical (unpaired) electrons. The first-order chi connectivity index (χ1) is 13.6. The van der Waals surface area contributed by atoms with Crippen molar-refractivity contribution < 1.29 is 19.1 Å². The van der Waals surface area contributed by atoms with E-state index in [4.69, 9.17) is 4.74 Å². The molecule has 0 spiro atoms. The lowest BCUT2D eigenvalue weighted by molar-refractivity contribution is -0.136. The highest BCUT2D eigenvalue weighted by molar-refractivity contribution is 6.01. The fraction of sp³-hybridized carbons (Fsp3) is 0.318. The minimum Gasteiger partial charge on any atom is -0.465 e. The van der Waals surface area contributed by atoms with Crippen LogP contribution in [0.15, 0.2) is 48.5 Å². The average molecular weight is 378 g/mol. The third-order valence-corrected chi connectivity index (χ3v) is 5.50. The monoisotopic (exact) mass is 378 g/mol. The molecule has 1 saturated heterocycles. The number of nitrogens with zero attached hydrogens (tertiary/aromatic N) is 2. The summed E-state index contributed by atoms with van der Waals surface area (Å²) in [7, 11) is 1.32. The number of anilines is 1. The summed E-state index contributed by atoms with van der Waals surface area (Å²) < 4.78 is 4.74. The number of ether oxygens (including phenoxy) is 1. The van der Waals surface area contributed by atoms with Gasteiger partial charge in [-0.15, -0.1) is 0 Å². The van der Waals surface area contributed by atoms with Crippen LogP contribution in [0.3, 0.4) is 0 Å². The number of amides is 2. The van der Waals surface area contributed by atoms with E-state index in [1.807, 2.05) is 17.0 Å². The molecule has 2 aliphatic heterocycles. The number of esters is 1. The van der Waals surface area contributed by atoms with Crippen LogP contribution < -0.4 is 4.90 Å². The summed E-state index contributed by atoms with van der Waals surface area (Å²) in [5.74, 6) is -0.889. The maximum absolute atomic E-state index is 13.0. The van der Waals surface area contributed by atoms with Crippen molar-refractivity contribution in [2.24, 2.45) is 5.92 Å². The van der Waals surface area contributed by atoms with Gasteiger partial charge in [0, 0.05) is 31.7 Å². The first-order valence-corrected chi connectivity index (χ1v) is 9.41. The molecule has 2 aromatic carbocycles. The minimum absolute atomic E-state index is 0.0227. The molecule has 0 aromatic heterocycles. The molecule has 2 aromatic rings. The molecule has 6 heteroatoms. The van der Waals surface area contributed by atoms with Gasteiger partial charge in [0.05, 0.1) is 18.6 Å². The first-order valence-electron chi connectivity index (χ1n) is 9.41. The Balaban J connectivity index is 1.48. The highest BCUT2D eigenvalue weighted by Gasteiger charge is 2.38. The van der Waals surface area contributed by atoms with E-state index in [2.05, 4.69) is 12.1 Å². The molecular formula is C22H22N2O4. The Bertz CT molecular complexity index is 940. The van der Waals surface area contributed by atoms with Crippen molar-refractivity contribution in [1.82, 2.24) is 4.90 Å². The van der Waals surface area contributed by atoms with Crippen molar-refractivity contribution in [3.63, 3.8) is 0 Å². The number of rotatable bonds is 3. The molecular weight excluding hydrogens is 356 g/mol. The maximum atomic E-state index is 13.0. The molecule has 2 amide bonds. The van der Waals surface area contributed by atoms with Gasteiger partial charge in [0.15, 0.2) is 0 Å². The molecule has 0 saturated carbocycles. The zero-order valence-electron chi connectivity index (χ0n) is 15.8. The summed E-state index contributed by atoms with van der Waals surface area (Å²) >= 11 is 0. The van der Waals surface area contributed by atoms with Gasteiger partial charge in [0.2, 0.25) is 11.8 Å². The van der Waals surface area contributed by atoms with E-state index in [9.17, 15) is 14.4 Å². The highest BCUT2D eigenvalue weighted by Crippen LogP contribution is 2.29. The number of benzene rings is 2. The predicted octanol–water partition coefficient (Wildman–Crippen LogP) is 2.41. The Hall–Kier alpha value is -3.15. The van der Waals surface area contributed by atoms with Gasteiger partial charge in [-0.05, 0) is 35.7 Å². The molecule has 0 bridgehead atoms. The van der Waals surface area contributed by atoms with Crippen LogP contribution in [0.5, 0.6) is 0 Å². The first kappa shape index (κ1) is 18.2. The quantitative estimate of drug-likeness (QED) is 0.770. The van der Waals surface area contributed by atoms with Crippen molar-refractivity contribution in [2.75, 3.05) is 25.1 Å². The van der Waals surface area contributed by atoms with Crippen molar-refractivity contribution in [3.05, 3.63) is 65.2 Å². The normalized spacial score (nSPS) is 18.8. The van der Waals surface area contributed by atoms with Crippen LogP contribution in [-0.2, 0) is 27.3 Å². The second-order valence-corrected chi connectivity index (χ2v) is 7.23. The largest absolute Gasteiger partial charge is 0.465 e. The fourth-order valence-electron chi connectivity index (χ4n) is 3.98. The smallest absolute Gasteiger partial charge is 0.337 e. The molecule has 1 atom stereocenters. The summed E-state index contributed by atoms with van der Waals surface area (Å²) in [4.78, 5) is 40.8. The fourth-order valence-corrected chi connectivity index (χ4v) is 3.98. The number of hydrogen-bond acceptors (Lipinski definition) is 4. The number of hydrogen-bond donors (Lipinski definition) is 0. The van der Waals surface area contributed by atoms with Gasteiger partial charge in [-0.3, -0.25) is 9.59 Å². The summed E-state index contributed by atoms with van der Waals surface area (Å²) in [6.07, 6.45) is 1.03. The van der Waals surface area contributed by atoms with Crippen molar-refractivity contribution >= 4 is 23.5 Å². The van der Waals surface area contributed by atoms with E-state index in [1.165, 1.54) is 18.2 Å². The number of carbonyl (C=O) groups excluding carboxylic acids is 3. The Morgan fingerprint density at radius 2 is 1.86 bits per heavy atom. The Morgan fingerprint density at radius 3 is 2.64 bits per heavy atom. The zero-order chi connectivity index (χ0) is 19.7. The lowest BCUT2D eigenvalue weighted by Crippen LogP contribution is -2.40. The minimum atomic E-state index is -0.451. The molecule has 0 N–H and O–H groups in total. The second kappa shape index (κ2) is 7.46. The molecule has 144 valence electrons. The van der Waals surface area contributed by atoms with Crippen LogP contribution in [0, 0.1) is 5.92 Å². The lowest BCUT2D eigenvalue weighted by atomic mass is 9.98. The van der Waals surface area contributed by atoms with Gasteiger partial charge in [0.1, 0.15) is 0 Å². The number of fused-ring (bicyclic) bond motifs is 1. The molecule has 2 aliphatic rings. The molecule has 2 heterocycles. The second-order valence-electron chi connectivity index (χ2n) is 7.23. The summed E-state index contributed by atoms with van der Waals surface area (Å²) in [5.41, 5.74) is 3.46. The van der Waals surface area contributed by atoms with Crippen LogP contribution in [0.25, 0.3) is 0 Å². The Morgan fingerprint density at radius 1 is 1.07 bits per heavy atom. The third-order valence-electron chi connectivity index (χ3n) is 5.50. The topological polar surface area (TPSA) is 66.9 Å². The molecule has 0 aliphatic carbocycles. The van der Waals surface area contributed by atoms with Gasteiger partial charge in [-0.2, -0.15) is 0 Å². The van der Waals surface area contributed by atoms with Crippen LogP contribution in [0.2, 0.25) is 0 Å². The van der Waals surface area contributed by atoms with Gasteiger partial charge in [-0.1, -0.05) is 30.3 Å². The Kier molecular flexibility index (Phi) is 4.86. The summed E-state index contributed by atoms with van der Waals surface area (Å²) in [5, 5.41) is 0. The van der Waals surface area contributed by atoms with Gasteiger partial charge in [-0.25, -0.2) is 4.79 Å². The van der Waals surface area contributed by atoms with Crippen LogP contribution >= 0.6 is 0 Å². The van der Waals surface area contributed by atoms with E-state index in [1.54, 1.807) is 29.2 Å². The van der Waals surface area contributed by atoms with E-state index in [-0.39, 0.29) is 24.2 Å². The van der Waals surface area contributed by atoms with Gasteiger partial charge in [0.25, 0.3) is 0 Å². The number of methoxy groups -OCH3 is 1. The lowest BCUT2D eigenvalue weighted by Gasteiger charge is -2.30. The number of carbonyl (C=O) groups is 3. The van der Waals surface area contributed by atoms with Crippen molar-refractivity contribution in [2.45, 2.75) is 19.4 Å². The van der Waals surface area contributed by atoms with Crippen LogP contribution in [-0.4, -0.2) is 42.9 Å². The van der Waals surface area contributed by atoms with Crippen molar-refractivity contribution in [1.29, 1.82) is 0 Å². The summed E-state index contributed by atoms with van der Waals surface area (Å²) in [6, 6.07) is 14.9.